The first kappa shape index (κ1) is 14.2. The molecule has 0 aromatic heterocycles. The van der Waals surface area contributed by atoms with Gasteiger partial charge in [0, 0.05) is 24.2 Å². The Labute approximate surface area is 106 Å². The van der Waals surface area contributed by atoms with Gasteiger partial charge < -0.3 is 15.8 Å². The van der Waals surface area contributed by atoms with Gasteiger partial charge in [0.1, 0.15) is 5.75 Å². The zero-order chi connectivity index (χ0) is 13.5. The second-order valence-electron chi connectivity index (χ2n) is 3.90. The van der Waals surface area contributed by atoms with Crippen molar-refractivity contribution in [1.29, 1.82) is 0 Å². The van der Waals surface area contributed by atoms with E-state index in [0.717, 1.165) is 0 Å². The zero-order valence-corrected chi connectivity index (χ0v) is 10.7. The molecule has 0 heterocycles. The summed E-state index contributed by atoms with van der Waals surface area (Å²) in [6.07, 6.45) is 0.171. The standard InChI is InChI=1S/C13H18N2O3/c1-9(16)10-3-4-12(18-2)11(7-10)8-13(17)15-6-5-14/h3-4,7H,5-6,8,14H2,1-2H3,(H,15,17). The fraction of sp³-hybridized carbons (Fsp3) is 0.385. The molecule has 0 radical (unpaired) electrons. The van der Waals surface area contributed by atoms with Crippen LogP contribution in [0.4, 0.5) is 0 Å². The molecule has 1 aromatic carbocycles. The third-order valence-electron chi connectivity index (χ3n) is 2.50. The van der Waals surface area contributed by atoms with E-state index >= 15 is 0 Å². The molecular formula is C13H18N2O3. The number of ether oxygens (including phenoxy) is 1. The van der Waals surface area contributed by atoms with E-state index in [0.29, 0.717) is 30.0 Å². The molecule has 98 valence electrons. The van der Waals surface area contributed by atoms with Crippen molar-refractivity contribution >= 4 is 11.7 Å². The Morgan fingerprint density at radius 1 is 1.39 bits per heavy atom. The van der Waals surface area contributed by atoms with Gasteiger partial charge in [-0.1, -0.05) is 0 Å². The molecule has 0 spiro atoms. The third kappa shape index (κ3) is 3.85. The van der Waals surface area contributed by atoms with Crippen molar-refractivity contribution in [3.05, 3.63) is 29.3 Å². The molecule has 0 bridgehead atoms. The van der Waals surface area contributed by atoms with Crippen LogP contribution in [0.5, 0.6) is 5.75 Å². The molecule has 0 saturated carbocycles. The molecule has 0 aliphatic heterocycles. The van der Waals surface area contributed by atoms with Gasteiger partial charge in [-0.3, -0.25) is 9.59 Å². The molecule has 1 rings (SSSR count). The Bertz CT molecular complexity index is 444. The number of amides is 1. The summed E-state index contributed by atoms with van der Waals surface area (Å²) >= 11 is 0. The highest BCUT2D eigenvalue weighted by Gasteiger charge is 2.10. The number of hydrogen-bond donors (Lipinski definition) is 2. The van der Waals surface area contributed by atoms with Gasteiger partial charge >= 0.3 is 0 Å². The lowest BCUT2D eigenvalue weighted by Gasteiger charge is -2.10. The molecule has 0 aliphatic carbocycles. The Morgan fingerprint density at radius 2 is 2.11 bits per heavy atom. The summed E-state index contributed by atoms with van der Waals surface area (Å²) in [5.41, 5.74) is 6.57. The first-order valence-electron chi connectivity index (χ1n) is 5.73. The SMILES string of the molecule is COc1ccc(C(C)=O)cc1CC(=O)NCCN. The van der Waals surface area contributed by atoms with Crippen LogP contribution in [0, 0.1) is 0 Å². The maximum Gasteiger partial charge on any atom is 0.224 e. The van der Waals surface area contributed by atoms with E-state index in [1.54, 1.807) is 18.2 Å². The van der Waals surface area contributed by atoms with Crippen LogP contribution in [0.2, 0.25) is 0 Å². The lowest BCUT2D eigenvalue weighted by Crippen LogP contribution is -2.30. The average molecular weight is 250 g/mol. The van der Waals surface area contributed by atoms with E-state index in [1.165, 1.54) is 14.0 Å². The van der Waals surface area contributed by atoms with Crippen molar-refractivity contribution in [2.75, 3.05) is 20.2 Å². The van der Waals surface area contributed by atoms with Crippen LogP contribution in [0.1, 0.15) is 22.8 Å². The van der Waals surface area contributed by atoms with Crippen molar-refractivity contribution in [1.82, 2.24) is 5.32 Å². The van der Waals surface area contributed by atoms with E-state index in [2.05, 4.69) is 5.32 Å². The van der Waals surface area contributed by atoms with Gasteiger partial charge in [0.05, 0.1) is 13.5 Å². The summed E-state index contributed by atoms with van der Waals surface area (Å²) in [6, 6.07) is 5.06. The molecule has 0 fully saturated rings. The number of nitrogens with one attached hydrogen (secondary N) is 1. The number of methoxy groups -OCH3 is 1. The topological polar surface area (TPSA) is 81.4 Å². The lowest BCUT2D eigenvalue weighted by molar-refractivity contribution is -0.120. The number of benzene rings is 1. The predicted molar refractivity (Wildman–Crippen MR) is 68.8 cm³/mol. The highest BCUT2D eigenvalue weighted by atomic mass is 16.5. The third-order valence-corrected chi connectivity index (χ3v) is 2.50. The molecule has 5 heteroatoms. The van der Waals surface area contributed by atoms with E-state index < -0.39 is 0 Å². The van der Waals surface area contributed by atoms with Gasteiger partial charge in [0.2, 0.25) is 5.91 Å². The van der Waals surface area contributed by atoms with Crippen LogP contribution in [-0.2, 0) is 11.2 Å². The van der Waals surface area contributed by atoms with Crippen molar-refractivity contribution in [2.45, 2.75) is 13.3 Å². The van der Waals surface area contributed by atoms with Crippen molar-refractivity contribution in [3.8, 4) is 5.75 Å². The first-order valence-corrected chi connectivity index (χ1v) is 5.73. The van der Waals surface area contributed by atoms with Gasteiger partial charge in [-0.05, 0) is 25.1 Å². The molecule has 18 heavy (non-hydrogen) atoms. The van der Waals surface area contributed by atoms with Crippen molar-refractivity contribution in [2.24, 2.45) is 5.73 Å². The second kappa shape index (κ2) is 6.76. The number of carbonyl (C=O) groups is 2. The van der Waals surface area contributed by atoms with Crippen LogP contribution < -0.4 is 15.8 Å². The number of carbonyl (C=O) groups excluding carboxylic acids is 2. The molecule has 0 saturated heterocycles. The average Bonchev–Trinajstić information content (AvgIpc) is 2.36. The minimum Gasteiger partial charge on any atom is -0.496 e. The smallest absolute Gasteiger partial charge is 0.224 e. The Kier molecular flexibility index (Phi) is 5.32. The van der Waals surface area contributed by atoms with Gasteiger partial charge in [0.25, 0.3) is 0 Å². The highest BCUT2D eigenvalue weighted by Crippen LogP contribution is 2.20. The molecular weight excluding hydrogens is 232 g/mol. The maximum atomic E-state index is 11.6. The number of nitrogens with two attached hydrogens (primary N) is 1. The maximum absolute atomic E-state index is 11.6. The molecule has 1 amide bonds. The summed E-state index contributed by atoms with van der Waals surface area (Å²) in [5, 5.41) is 2.68. The monoisotopic (exact) mass is 250 g/mol. The van der Waals surface area contributed by atoms with Crippen LogP contribution in [0.15, 0.2) is 18.2 Å². The first-order chi connectivity index (χ1) is 8.58. The fourth-order valence-corrected chi connectivity index (χ4v) is 1.58. The second-order valence-corrected chi connectivity index (χ2v) is 3.90. The van der Waals surface area contributed by atoms with Gasteiger partial charge in [-0.2, -0.15) is 0 Å². The molecule has 0 unspecified atom stereocenters. The summed E-state index contributed by atoms with van der Waals surface area (Å²) in [6.45, 7) is 2.32. The number of rotatable bonds is 6. The minimum atomic E-state index is -0.139. The molecule has 5 nitrogen and oxygen atoms in total. The molecule has 3 N–H and O–H groups in total. The quantitative estimate of drug-likeness (QED) is 0.721. The Balaban J connectivity index is 2.87. The van der Waals surface area contributed by atoms with Crippen LogP contribution in [0.3, 0.4) is 0 Å². The summed E-state index contributed by atoms with van der Waals surface area (Å²) < 4.78 is 5.17. The normalized spacial score (nSPS) is 9.94. The van der Waals surface area contributed by atoms with E-state index in [4.69, 9.17) is 10.5 Å². The van der Waals surface area contributed by atoms with Crippen LogP contribution in [0.25, 0.3) is 0 Å². The van der Waals surface area contributed by atoms with Gasteiger partial charge in [-0.25, -0.2) is 0 Å². The van der Waals surface area contributed by atoms with E-state index in [9.17, 15) is 9.59 Å². The summed E-state index contributed by atoms with van der Waals surface area (Å²) in [4.78, 5) is 22.9. The number of Topliss-reactive ketones (excluding diaryl/α,β-unsaturated/α-hetero) is 1. The highest BCUT2D eigenvalue weighted by molar-refractivity contribution is 5.94. The van der Waals surface area contributed by atoms with Crippen LogP contribution in [-0.4, -0.2) is 31.9 Å². The van der Waals surface area contributed by atoms with Gasteiger partial charge in [0.15, 0.2) is 5.78 Å². The zero-order valence-electron chi connectivity index (χ0n) is 10.7. The number of hydrogen-bond acceptors (Lipinski definition) is 4. The summed E-state index contributed by atoms with van der Waals surface area (Å²) in [5.74, 6) is 0.420. The number of ketones is 1. The van der Waals surface area contributed by atoms with Crippen molar-refractivity contribution in [3.63, 3.8) is 0 Å². The van der Waals surface area contributed by atoms with Gasteiger partial charge in [-0.15, -0.1) is 0 Å². The predicted octanol–water partition coefficient (Wildman–Crippen LogP) is 0.515. The largest absolute Gasteiger partial charge is 0.496 e. The van der Waals surface area contributed by atoms with Crippen molar-refractivity contribution < 1.29 is 14.3 Å². The lowest BCUT2D eigenvalue weighted by atomic mass is 10.0. The van der Waals surface area contributed by atoms with E-state index in [1.807, 2.05) is 0 Å². The Morgan fingerprint density at radius 3 is 2.67 bits per heavy atom. The summed E-state index contributed by atoms with van der Waals surface area (Å²) in [7, 11) is 1.53. The van der Waals surface area contributed by atoms with Crippen LogP contribution >= 0.6 is 0 Å². The molecule has 1 aromatic rings. The molecule has 0 aliphatic rings. The fourth-order valence-electron chi connectivity index (χ4n) is 1.58. The molecule has 0 atom stereocenters. The minimum absolute atomic E-state index is 0.0405. The van der Waals surface area contributed by atoms with E-state index in [-0.39, 0.29) is 18.1 Å². The Hall–Kier alpha value is -1.88.